The van der Waals surface area contributed by atoms with E-state index in [0.29, 0.717) is 24.8 Å². The van der Waals surface area contributed by atoms with Gasteiger partial charge in [0.1, 0.15) is 0 Å². The second kappa shape index (κ2) is 7.48. The highest BCUT2D eigenvalue weighted by atomic mass is 32.2. The molecular weight excluding hydrogens is 378 g/mol. The van der Waals surface area contributed by atoms with E-state index in [1.165, 1.54) is 22.4 Å². The number of piperidine rings is 1. The van der Waals surface area contributed by atoms with Crippen molar-refractivity contribution in [2.75, 3.05) is 13.1 Å². The first-order valence-corrected chi connectivity index (χ1v) is 10.8. The summed E-state index contributed by atoms with van der Waals surface area (Å²) in [7, 11) is -3.54. The fraction of sp³-hybridized carbons (Fsp3) is 0.421. The quantitative estimate of drug-likeness (QED) is 0.652. The number of imidazole rings is 1. The van der Waals surface area contributed by atoms with E-state index in [4.69, 9.17) is 4.52 Å². The maximum Gasteiger partial charge on any atom is 0.262 e. The Morgan fingerprint density at radius 2 is 1.89 bits per heavy atom. The molecule has 2 aromatic heterocycles. The summed E-state index contributed by atoms with van der Waals surface area (Å²) in [6.07, 6.45) is 5.87. The first-order valence-electron chi connectivity index (χ1n) is 9.35. The molecule has 9 heteroatoms. The summed E-state index contributed by atoms with van der Waals surface area (Å²) >= 11 is 0. The highest BCUT2D eigenvalue weighted by Gasteiger charge is 2.28. The number of aryl methyl sites for hydroxylation is 2. The van der Waals surface area contributed by atoms with Gasteiger partial charge in [0.2, 0.25) is 0 Å². The normalized spacial score (nSPS) is 15.8. The Balaban J connectivity index is 1.50. The Morgan fingerprint density at radius 1 is 1.11 bits per heavy atom. The molecule has 0 amide bonds. The van der Waals surface area contributed by atoms with E-state index in [1.54, 1.807) is 4.57 Å². The molecule has 28 heavy (non-hydrogen) atoms. The van der Waals surface area contributed by atoms with Gasteiger partial charge in [-0.15, -0.1) is 0 Å². The van der Waals surface area contributed by atoms with Crippen molar-refractivity contribution in [2.24, 2.45) is 0 Å². The van der Waals surface area contributed by atoms with Crippen LogP contribution >= 0.6 is 0 Å². The first-order chi connectivity index (χ1) is 13.4. The molecule has 148 valence electrons. The van der Waals surface area contributed by atoms with Gasteiger partial charge in [-0.25, -0.2) is 13.4 Å². The lowest BCUT2D eigenvalue weighted by atomic mass is 10.1. The Bertz CT molecular complexity index is 1080. The van der Waals surface area contributed by atoms with Crippen LogP contribution in [0.4, 0.5) is 0 Å². The van der Waals surface area contributed by atoms with Crippen molar-refractivity contribution in [3.05, 3.63) is 47.7 Å². The molecule has 1 aliphatic heterocycles. The molecule has 1 aliphatic rings. The van der Waals surface area contributed by atoms with Gasteiger partial charge in [-0.05, 0) is 49.9 Å². The molecule has 1 saturated heterocycles. The minimum Gasteiger partial charge on any atom is -0.334 e. The predicted octanol–water partition coefficient (Wildman–Crippen LogP) is 2.77. The van der Waals surface area contributed by atoms with E-state index < -0.39 is 10.0 Å². The third-order valence-corrected chi connectivity index (χ3v) is 6.86. The summed E-state index contributed by atoms with van der Waals surface area (Å²) in [5.41, 5.74) is 3.21. The van der Waals surface area contributed by atoms with Crippen molar-refractivity contribution in [3.63, 3.8) is 0 Å². The van der Waals surface area contributed by atoms with Crippen LogP contribution in [-0.2, 0) is 16.6 Å². The predicted molar refractivity (Wildman–Crippen MR) is 103 cm³/mol. The number of hydrogen-bond acceptors (Lipinski definition) is 6. The Hall–Kier alpha value is -2.52. The molecular formula is C19H23N5O3S. The SMILES string of the molecule is Cc1ccc(-c2nc(Cn3cnc(S(=O)(=O)N4CCCCC4)c3)no2)cc1C. The van der Waals surface area contributed by atoms with Gasteiger partial charge in [0.25, 0.3) is 15.9 Å². The van der Waals surface area contributed by atoms with Crippen molar-refractivity contribution in [1.82, 2.24) is 24.0 Å². The van der Waals surface area contributed by atoms with Crippen LogP contribution in [0.25, 0.3) is 11.5 Å². The standard InChI is InChI=1S/C19H23N5O3S/c1-14-6-7-16(10-15(14)2)19-21-17(22-27-19)11-23-12-18(20-13-23)28(25,26)24-8-4-3-5-9-24/h6-7,10,12-13H,3-5,8-9,11H2,1-2H3. The molecule has 4 rings (SSSR count). The molecule has 1 fully saturated rings. The third-order valence-electron chi connectivity index (χ3n) is 5.07. The number of rotatable bonds is 5. The van der Waals surface area contributed by atoms with Crippen molar-refractivity contribution in [2.45, 2.75) is 44.7 Å². The average molecular weight is 401 g/mol. The van der Waals surface area contributed by atoms with E-state index in [0.717, 1.165) is 30.4 Å². The Morgan fingerprint density at radius 3 is 2.64 bits per heavy atom. The number of aromatic nitrogens is 4. The molecule has 3 aromatic rings. The van der Waals surface area contributed by atoms with Crippen LogP contribution in [0.15, 0.2) is 40.3 Å². The topological polar surface area (TPSA) is 94.1 Å². The minimum atomic E-state index is -3.54. The molecule has 0 spiro atoms. The van der Waals surface area contributed by atoms with Crippen LogP contribution < -0.4 is 0 Å². The Kier molecular flexibility index (Phi) is 5.03. The first kappa shape index (κ1) is 18.8. The van der Waals surface area contributed by atoms with Crippen LogP contribution in [-0.4, -0.2) is 45.5 Å². The summed E-state index contributed by atoms with van der Waals surface area (Å²) in [4.78, 5) is 8.51. The molecule has 1 aromatic carbocycles. The molecule has 0 aliphatic carbocycles. The molecule has 0 saturated carbocycles. The summed E-state index contributed by atoms with van der Waals surface area (Å²) in [6.45, 7) is 5.48. The van der Waals surface area contributed by atoms with Gasteiger partial charge in [0, 0.05) is 24.8 Å². The van der Waals surface area contributed by atoms with Crippen LogP contribution in [0.5, 0.6) is 0 Å². The minimum absolute atomic E-state index is 0.0623. The number of sulfonamides is 1. The lowest BCUT2D eigenvalue weighted by Crippen LogP contribution is -2.35. The second-order valence-corrected chi connectivity index (χ2v) is 9.05. The van der Waals surface area contributed by atoms with Gasteiger partial charge < -0.3 is 9.09 Å². The van der Waals surface area contributed by atoms with Gasteiger partial charge in [-0.2, -0.15) is 9.29 Å². The van der Waals surface area contributed by atoms with E-state index in [2.05, 4.69) is 15.1 Å². The van der Waals surface area contributed by atoms with Crippen molar-refractivity contribution in [1.29, 1.82) is 0 Å². The van der Waals surface area contributed by atoms with E-state index in [-0.39, 0.29) is 11.6 Å². The highest BCUT2D eigenvalue weighted by Crippen LogP contribution is 2.22. The largest absolute Gasteiger partial charge is 0.334 e. The summed E-state index contributed by atoms with van der Waals surface area (Å²) < 4.78 is 33.9. The smallest absolute Gasteiger partial charge is 0.262 e. The molecule has 3 heterocycles. The summed E-state index contributed by atoms with van der Waals surface area (Å²) in [5.74, 6) is 0.909. The fourth-order valence-corrected chi connectivity index (χ4v) is 4.72. The zero-order valence-corrected chi connectivity index (χ0v) is 16.8. The van der Waals surface area contributed by atoms with Crippen LogP contribution in [0.3, 0.4) is 0 Å². The van der Waals surface area contributed by atoms with Gasteiger partial charge in [-0.3, -0.25) is 0 Å². The maximum absolute atomic E-state index is 12.7. The number of hydrogen-bond donors (Lipinski definition) is 0. The molecule has 0 atom stereocenters. The van der Waals surface area contributed by atoms with Gasteiger partial charge in [0.05, 0.1) is 12.9 Å². The number of nitrogens with zero attached hydrogens (tertiary/aromatic N) is 5. The Labute approximate surface area is 164 Å². The van der Waals surface area contributed by atoms with Crippen LogP contribution in [0, 0.1) is 13.8 Å². The molecule has 0 bridgehead atoms. The van der Waals surface area contributed by atoms with Crippen LogP contribution in [0.2, 0.25) is 0 Å². The highest BCUT2D eigenvalue weighted by molar-refractivity contribution is 7.89. The molecule has 8 nitrogen and oxygen atoms in total. The zero-order chi connectivity index (χ0) is 19.7. The molecule has 0 radical (unpaired) electrons. The van der Waals surface area contributed by atoms with E-state index in [9.17, 15) is 8.42 Å². The maximum atomic E-state index is 12.7. The second-order valence-electron chi connectivity index (χ2n) is 7.16. The van der Waals surface area contributed by atoms with Gasteiger partial charge >= 0.3 is 0 Å². The van der Waals surface area contributed by atoms with Gasteiger partial charge in [0.15, 0.2) is 10.9 Å². The third kappa shape index (κ3) is 3.72. The zero-order valence-electron chi connectivity index (χ0n) is 16.0. The van der Waals surface area contributed by atoms with Crippen molar-refractivity contribution in [3.8, 4) is 11.5 Å². The molecule has 0 N–H and O–H groups in total. The van der Waals surface area contributed by atoms with Crippen molar-refractivity contribution < 1.29 is 12.9 Å². The monoisotopic (exact) mass is 401 g/mol. The lowest BCUT2D eigenvalue weighted by Gasteiger charge is -2.24. The summed E-state index contributed by atoms with van der Waals surface area (Å²) in [5, 5.41) is 4.07. The average Bonchev–Trinajstić information content (AvgIpc) is 3.35. The number of benzene rings is 1. The fourth-order valence-electron chi connectivity index (χ4n) is 3.27. The van der Waals surface area contributed by atoms with Crippen molar-refractivity contribution >= 4 is 10.0 Å². The van der Waals surface area contributed by atoms with E-state index >= 15 is 0 Å². The van der Waals surface area contributed by atoms with Gasteiger partial charge in [-0.1, -0.05) is 17.6 Å². The molecule has 0 unspecified atom stereocenters. The lowest BCUT2D eigenvalue weighted by molar-refractivity contribution is 0.345. The van der Waals surface area contributed by atoms with E-state index in [1.807, 2.05) is 32.0 Å². The summed E-state index contributed by atoms with van der Waals surface area (Å²) in [6, 6.07) is 5.97. The van der Waals surface area contributed by atoms with Crippen LogP contribution in [0.1, 0.15) is 36.2 Å².